The van der Waals surface area contributed by atoms with Gasteiger partial charge in [0.2, 0.25) is 0 Å². The molecule has 1 unspecified atom stereocenters. The fourth-order valence-corrected chi connectivity index (χ4v) is 0.906. The molecule has 0 bridgehead atoms. The fraction of sp³-hybridized carbons (Fsp3) is 0.500. The predicted octanol–water partition coefficient (Wildman–Crippen LogP) is 0.487. The summed E-state index contributed by atoms with van der Waals surface area (Å²) < 4.78 is 0. The predicted molar refractivity (Wildman–Crippen MR) is 53.4 cm³/mol. The molecular weight excluding hydrogens is 210 g/mol. The van der Waals surface area contributed by atoms with Crippen LogP contribution >= 0.6 is 12.4 Å². The number of hydrogen-bond acceptors (Lipinski definition) is 3. The molecule has 0 amide bonds. The van der Waals surface area contributed by atoms with Gasteiger partial charge in [-0.3, -0.25) is 9.59 Å². The molecule has 0 spiro atoms. The van der Waals surface area contributed by atoms with E-state index in [1.807, 2.05) is 0 Å². The number of halogens is 1. The van der Waals surface area contributed by atoms with Gasteiger partial charge in [-0.1, -0.05) is 6.08 Å². The Labute approximate surface area is 88.0 Å². The fourth-order valence-electron chi connectivity index (χ4n) is 0.906. The van der Waals surface area contributed by atoms with Crippen LogP contribution in [0.4, 0.5) is 0 Å². The van der Waals surface area contributed by atoms with Gasteiger partial charge in [-0.15, -0.1) is 19.0 Å². The van der Waals surface area contributed by atoms with Crippen LogP contribution in [0.1, 0.15) is 12.8 Å². The number of nitrogens with two attached hydrogens (primary N) is 1. The van der Waals surface area contributed by atoms with Gasteiger partial charge in [0.1, 0.15) is 6.04 Å². The molecule has 0 aromatic carbocycles. The summed E-state index contributed by atoms with van der Waals surface area (Å²) in [5.74, 6) is -2.99. The van der Waals surface area contributed by atoms with E-state index in [9.17, 15) is 9.59 Å². The van der Waals surface area contributed by atoms with Crippen LogP contribution in [-0.4, -0.2) is 28.2 Å². The lowest BCUT2D eigenvalue weighted by Gasteiger charge is -2.12. The van der Waals surface area contributed by atoms with Crippen LogP contribution in [0.3, 0.4) is 0 Å². The van der Waals surface area contributed by atoms with Crippen molar-refractivity contribution in [1.29, 1.82) is 0 Å². The molecule has 0 aliphatic heterocycles. The normalized spacial score (nSPS) is 13.5. The number of rotatable bonds is 6. The van der Waals surface area contributed by atoms with E-state index in [2.05, 4.69) is 6.58 Å². The summed E-state index contributed by atoms with van der Waals surface area (Å²) >= 11 is 0. The summed E-state index contributed by atoms with van der Waals surface area (Å²) in [5.41, 5.74) is 5.19. The van der Waals surface area contributed by atoms with Gasteiger partial charge in [-0.2, -0.15) is 0 Å². The zero-order valence-electron chi connectivity index (χ0n) is 7.55. The number of carboxylic acid groups (broad SMARTS) is 2. The SMILES string of the molecule is C=CCC(C[C@@H](N)C(=O)O)C(=O)O.Cl. The molecule has 2 atom stereocenters. The topological polar surface area (TPSA) is 101 Å². The third kappa shape index (κ3) is 5.55. The zero-order valence-corrected chi connectivity index (χ0v) is 8.37. The average molecular weight is 224 g/mol. The molecule has 82 valence electrons. The van der Waals surface area contributed by atoms with E-state index in [4.69, 9.17) is 15.9 Å². The second kappa shape index (κ2) is 7.34. The number of allylic oxidation sites excluding steroid dienone is 1. The molecule has 0 aromatic heterocycles. The molecule has 0 aliphatic rings. The van der Waals surface area contributed by atoms with E-state index in [0.717, 1.165) is 0 Å². The number of hydrogen-bond donors (Lipinski definition) is 3. The Kier molecular flexibility index (Phi) is 8.08. The number of aliphatic carboxylic acids is 2. The van der Waals surface area contributed by atoms with E-state index in [0.29, 0.717) is 0 Å². The molecule has 0 saturated carbocycles. The van der Waals surface area contributed by atoms with E-state index < -0.39 is 23.9 Å². The molecule has 0 heterocycles. The van der Waals surface area contributed by atoms with Crippen LogP contribution in [0.15, 0.2) is 12.7 Å². The van der Waals surface area contributed by atoms with Crippen LogP contribution in [0.5, 0.6) is 0 Å². The maximum atomic E-state index is 10.6. The minimum absolute atomic E-state index is 0. The highest BCUT2D eigenvalue weighted by Crippen LogP contribution is 2.11. The summed E-state index contributed by atoms with van der Waals surface area (Å²) in [6.45, 7) is 3.38. The smallest absolute Gasteiger partial charge is 0.320 e. The van der Waals surface area contributed by atoms with Gasteiger partial charge in [0, 0.05) is 0 Å². The molecule has 0 aromatic rings. The van der Waals surface area contributed by atoms with Crippen molar-refractivity contribution in [3.63, 3.8) is 0 Å². The second-order valence-electron chi connectivity index (χ2n) is 2.74. The standard InChI is InChI=1S/C8H13NO4.ClH/c1-2-3-5(7(10)11)4-6(9)8(12)13;/h2,5-6H,1,3-4,9H2,(H,10,11)(H,12,13);1H/t5?,6-;/m1./s1. The summed E-state index contributed by atoms with van der Waals surface area (Å²) in [7, 11) is 0. The minimum atomic E-state index is -1.18. The van der Waals surface area contributed by atoms with Crippen LogP contribution in [0, 0.1) is 5.92 Å². The lowest BCUT2D eigenvalue weighted by Crippen LogP contribution is -2.34. The Hall–Kier alpha value is -1.07. The second-order valence-corrected chi connectivity index (χ2v) is 2.74. The first-order chi connectivity index (χ1) is 5.99. The van der Waals surface area contributed by atoms with Crippen molar-refractivity contribution >= 4 is 24.3 Å². The van der Waals surface area contributed by atoms with Gasteiger partial charge in [0.05, 0.1) is 5.92 Å². The molecular formula is C8H14ClNO4. The van der Waals surface area contributed by atoms with Crippen molar-refractivity contribution in [1.82, 2.24) is 0 Å². The summed E-state index contributed by atoms with van der Waals surface area (Å²) in [4.78, 5) is 20.9. The first kappa shape index (κ1) is 15.4. The zero-order chi connectivity index (χ0) is 10.4. The van der Waals surface area contributed by atoms with Crippen molar-refractivity contribution in [3.05, 3.63) is 12.7 Å². The Balaban J connectivity index is 0. The minimum Gasteiger partial charge on any atom is -0.481 e. The van der Waals surface area contributed by atoms with Crippen LogP contribution in [0.2, 0.25) is 0 Å². The van der Waals surface area contributed by atoms with Gasteiger partial charge >= 0.3 is 11.9 Å². The monoisotopic (exact) mass is 223 g/mol. The molecule has 4 N–H and O–H groups in total. The van der Waals surface area contributed by atoms with E-state index in [1.54, 1.807) is 0 Å². The number of carbonyl (C=O) groups is 2. The van der Waals surface area contributed by atoms with Gasteiger partial charge in [0.15, 0.2) is 0 Å². The Morgan fingerprint density at radius 2 is 1.86 bits per heavy atom. The third-order valence-electron chi connectivity index (χ3n) is 1.66. The first-order valence-corrected chi connectivity index (χ1v) is 3.81. The summed E-state index contributed by atoms with van der Waals surface area (Å²) in [6, 6.07) is -1.12. The Morgan fingerprint density at radius 1 is 1.36 bits per heavy atom. The largest absolute Gasteiger partial charge is 0.481 e. The highest BCUT2D eigenvalue weighted by Gasteiger charge is 2.22. The highest BCUT2D eigenvalue weighted by molar-refractivity contribution is 5.85. The van der Waals surface area contributed by atoms with Crippen LogP contribution in [0.25, 0.3) is 0 Å². The first-order valence-electron chi connectivity index (χ1n) is 3.81. The van der Waals surface area contributed by atoms with Crippen molar-refractivity contribution in [2.75, 3.05) is 0 Å². The van der Waals surface area contributed by atoms with E-state index in [1.165, 1.54) is 6.08 Å². The van der Waals surface area contributed by atoms with Crippen molar-refractivity contribution < 1.29 is 19.8 Å². The molecule has 0 radical (unpaired) electrons. The molecule has 5 nitrogen and oxygen atoms in total. The maximum absolute atomic E-state index is 10.6. The molecule has 0 saturated heterocycles. The lowest BCUT2D eigenvalue weighted by atomic mass is 9.97. The molecule has 6 heteroatoms. The lowest BCUT2D eigenvalue weighted by molar-refractivity contribution is -0.143. The van der Waals surface area contributed by atoms with Gasteiger partial charge < -0.3 is 15.9 Å². The van der Waals surface area contributed by atoms with Crippen LogP contribution < -0.4 is 5.73 Å². The quantitative estimate of drug-likeness (QED) is 0.569. The molecule has 0 fully saturated rings. The molecule has 14 heavy (non-hydrogen) atoms. The van der Waals surface area contributed by atoms with Gasteiger partial charge in [-0.05, 0) is 12.8 Å². The third-order valence-corrected chi connectivity index (χ3v) is 1.66. The van der Waals surface area contributed by atoms with E-state index >= 15 is 0 Å². The van der Waals surface area contributed by atoms with E-state index in [-0.39, 0.29) is 25.2 Å². The Morgan fingerprint density at radius 3 is 2.14 bits per heavy atom. The van der Waals surface area contributed by atoms with Crippen molar-refractivity contribution in [2.45, 2.75) is 18.9 Å². The summed E-state index contributed by atoms with van der Waals surface area (Å²) in [5, 5.41) is 17.1. The maximum Gasteiger partial charge on any atom is 0.320 e. The number of carboxylic acids is 2. The van der Waals surface area contributed by atoms with Crippen LogP contribution in [-0.2, 0) is 9.59 Å². The van der Waals surface area contributed by atoms with Crippen molar-refractivity contribution in [2.24, 2.45) is 11.7 Å². The van der Waals surface area contributed by atoms with Gasteiger partial charge in [-0.25, -0.2) is 0 Å². The van der Waals surface area contributed by atoms with Gasteiger partial charge in [0.25, 0.3) is 0 Å². The summed E-state index contributed by atoms with van der Waals surface area (Å²) in [6.07, 6.45) is 1.60. The highest BCUT2D eigenvalue weighted by atomic mass is 35.5. The Bertz CT molecular complexity index is 219. The van der Waals surface area contributed by atoms with Crippen molar-refractivity contribution in [3.8, 4) is 0 Å². The average Bonchev–Trinajstić information content (AvgIpc) is 2.03. The molecule has 0 rings (SSSR count). The molecule has 0 aliphatic carbocycles.